The quantitative estimate of drug-likeness (QED) is 0.271. The minimum Gasteiger partial charge on any atom is -0.494 e. The molecule has 1 saturated heterocycles. The summed E-state index contributed by atoms with van der Waals surface area (Å²) in [5.41, 5.74) is 7.03. The second-order valence-electron chi connectivity index (χ2n) is 9.53. The van der Waals surface area contributed by atoms with E-state index >= 15 is 0 Å². The van der Waals surface area contributed by atoms with E-state index in [-0.39, 0.29) is 6.61 Å². The molecule has 1 aliphatic carbocycles. The third-order valence-corrected chi connectivity index (χ3v) is 7.29. The van der Waals surface area contributed by atoms with Gasteiger partial charge in [-0.15, -0.1) is 0 Å². The van der Waals surface area contributed by atoms with Crippen molar-refractivity contribution in [2.45, 2.75) is 11.8 Å². The first-order chi connectivity index (χ1) is 17.8. The van der Waals surface area contributed by atoms with Crippen LogP contribution in [0.15, 0.2) is 97.1 Å². The highest BCUT2D eigenvalue weighted by molar-refractivity contribution is 5.86. The van der Waals surface area contributed by atoms with Crippen LogP contribution in [0.5, 0.6) is 11.5 Å². The molecule has 0 unspecified atom stereocenters. The van der Waals surface area contributed by atoms with E-state index in [4.69, 9.17) is 19.3 Å². The van der Waals surface area contributed by atoms with Crippen molar-refractivity contribution in [1.82, 2.24) is 0 Å². The first kappa shape index (κ1) is 22.8. The lowest BCUT2D eigenvalue weighted by Crippen LogP contribution is -2.32. The van der Waals surface area contributed by atoms with E-state index in [1.165, 1.54) is 33.4 Å². The number of fused-ring (bicyclic) bond motifs is 3. The lowest BCUT2D eigenvalue weighted by atomic mass is 9.68. The highest BCUT2D eigenvalue weighted by Crippen LogP contribution is 2.56. The zero-order chi connectivity index (χ0) is 24.4. The molecule has 4 nitrogen and oxygen atoms in total. The summed E-state index contributed by atoms with van der Waals surface area (Å²) in [5.74, 6) is 2.18. The van der Waals surface area contributed by atoms with Crippen molar-refractivity contribution in [3.05, 3.63) is 119 Å². The summed E-state index contributed by atoms with van der Waals surface area (Å²) in [6.07, 6.45) is 0.620. The van der Waals surface area contributed by atoms with E-state index in [9.17, 15) is 0 Å². The monoisotopic (exact) mass is 478 g/mol. The maximum Gasteiger partial charge on any atom is 0.119 e. The lowest BCUT2D eigenvalue weighted by Gasteiger charge is -2.34. The van der Waals surface area contributed by atoms with Crippen LogP contribution in [0.25, 0.3) is 11.1 Å². The predicted molar refractivity (Wildman–Crippen MR) is 141 cm³/mol. The number of rotatable bonds is 9. The molecule has 1 N–H and O–H groups in total. The first-order valence-electron chi connectivity index (χ1n) is 12.7. The number of hydrogen-bond donors (Lipinski definition) is 1. The van der Waals surface area contributed by atoms with Crippen molar-refractivity contribution < 1.29 is 19.3 Å². The second-order valence-corrected chi connectivity index (χ2v) is 9.53. The number of hydrogen-bond acceptors (Lipinski definition) is 4. The molecule has 0 aromatic heterocycles. The van der Waals surface area contributed by atoms with Crippen molar-refractivity contribution in [2.75, 3.05) is 33.0 Å². The van der Waals surface area contributed by atoms with Gasteiger partial charge in [0.25, 0.3) is 0 Å². The Morgan fingerprint density at radius 2 is 1.22 bits per heavy atom. The molecule has 0 saturated carbocycles. The van der Waals surface area contributed by atoms with Crippen molar-refractivity contribution in [3.63, 3.8) is 0 Å². The van der Waals surface area contributed by atoms with Crippen LogP contribution in [-0.4, -0.2) is 38.1 Å². The number of ether oxygens (including phenoxy) is 3. The maximum absolute atomic E-state index is 9.08. The molecule has 0 atom stereocenters. The zero-order valence-corrected chi connectivity index (χ0v) is 20.2. The summed E-state index contributed by atoms with van der Waals surface area (Å²) in [7, 11) is 0. The summed E-state index contributed by atoms with van der Waals surface area (Å²) in [6.45, 7) is 2.89. The van der Waals surface area contributed by atoms with E-state index < -0.39 is 5.41 Å². The smallest absolute Gasteiger partial charge is 0.119 e. The van der Waals surface area contributed by atoms with Gasteiger partial charge in [0.05, 0.1) is 31.8 Å². The predicted octanol–water partition coefficient (Wildman–Crippen LogP) is 5.84. The number of aliphatic hydroxyl groups excluding tert-OH is 1. The van der Waals surface area contributed by atoms with Crippen molar-refractivity contribution in [1.29, 1.82) is 0 Å². The fourth-order valence-electron chi connectivity index (χ4n) is 5.48. The van der Waals surface area contributed by atoms with Gasteiger partial charge >= 0.3 is 0 Å². The molecule has 4 heteroatoms. The summed E-state index contributed by atoms with van der Waals surface area (Å²) in [5, 5.41) is 9.08. The van der Waals surface area contributed by atoms with Crippen LogP contribution in [0, 0.1) is 5.92 Å². The van der Waals surface area contributed by atoms with E-state index in [1.807, 2.05) is 12.1 Å². The van der Waals surface area contributed by atoms with Gasteiger partial charge in [-0.2, -0.15) is 0 Å². The molecular weight excluding hydrogens is 448 g/mol. The SMILES string of the molecule is OCCCOc1ccc(C2(c3ccc(OCC4COC4)cc3)c3ccccc3-c3ccccc32)cc1. The largest absolute Gasteiger partial charge is 0.494 e. The average molecular weight is 479 g/mol. The molecule has 0 bridgehead atoms. The average Bonchev–Trinajstić information content (AvgIpc) is 3.20. The van der Waals surface area contributed by atoms with Crippen LogP contribution < -0.4 is 9.47 Å². The molecule has 2 aliphatic rings. The Labute approximate surface area is 212 Å². The molecule has 0 spiro atoms. The van der Waals surface area contributed by atoms with Gasteiger partial charge in [-0.3, -0.25) is 0 Å². The van der Waals surface area contributed by atoms with Gasteiger partial charge in [-0.05, 0) is 57.6 Å². The third kappa shape index (κ3) is 3.87. The minimum atomic E-state index is -0.447. The molecule has 4 aromatic rings. The summed E-state index contributed by atoms with van der Waals surface area (Å²) >= 11 is 0. The molecule has 1 fully saturated rings. The molecule has 36 heavy (non-hydrogen) atoms. The van der Waals surface area contributed by atoms with Crippen LogP contribution >= 0.6 is 0 Å². The molecule has 0 amide bonds. The van der Waals surface area contributed by atoms with Gasteiger partial charge in [0.2, 0.25) is 0 Å². The first-order valence-corrected chi connectivity index (χ1v) is 12.7. The van der Waals surface area contributed by atoms with Gasteiger partial charge in [0, 0.05) is 18.9 Å². The standard InChI is InChI=1S/C32H30O4/c33-18-5-19-35-26-14-10-24(11-15-26)32(25-12-16-27(17-13-25)36-22-23-20-34-21-23)30-8-3-1-6-28(30)29-7-2-4-9-31(29)32/h1-4,6-17,23,33H,5,18-22H2. The molecule has 0 radical (unpaired) electrons. The maximum atomic E-state index is 9.08. The fourth-order valence-corrected chi connectivity index (χ4v) is 5.48. The summed E-state index contributed by atoms with van der Waals surface area (Å²) < 4.78 is 17.2. The Hall–Kier alpha value is -3.60. The Morgan fingerprint density at radius 3 is 1.72 bits per heavy atom. The van der Waals surface area contributed by atoms with Crippen LogP contribution in [0.4, 0.5) is 0 Å². The fraction of sp³-hybridized carbons (Fsp3) is 0.250. The van der Waals surface area contributed by atoms with Gasteiger partial charge in [0.1, 0.15) is 11.5 Å². The molecule has 1 aliphatic heterocycles. The van der Waals surface area contributed by atoms with E-state index in [2.05, 4.69) is 84.9 Å². The Balaban J connectivity index is 1.45. The molecule has 1 heterocycles. The number of benzene rings is 4. The highest BCUT2D eigenvalue weighted by Gasteiger charge is 2.45. The normalized spacial score (nSPS) is 15.6. The Kier molecular flexibility index (Phi) is 6.22. The van der Waals surface area contributed by atoms with Crippen molar-refractivity contribution in [2.24, 2.45) is 5.92 Å². The minimum absolute atomic E-state index is 0.128. The third-order valence-electron chi connectivity index (χ3n) is 7.29. The second kappa shape index (κ2) is 9.81. The topological polar surface area (TPSA) is 47.9 Å². The lowest BCUT2D eigenvalue weighted by molar-refractivity contribution is -0.0508. The summed E-state index contributed by atoms with van der Waals surface area (Å²) in [6, 6.07) is 34.5. The van der Waals surface area contributed by atoms with Crippen molar-refractivity contribution >= 4 is 0 Å². The van der Waals surface area contributed by atoms with E-state index in [0.717, 1.165) is 24.7 Å². The highest BCUT2D eigenvalue weighted by atomic mass is 16.5. The van der Waals surface area contributed by atoms with E-state index in [0.29, 0.717) is 25.6 Å². The molecular formula is C32H30O4. The van der Waals surface area contributed by atoms with Crippen LogP contribution in [0.3, 0.4) is 0 Å². The molecule has 6 rings (SSSR count). The molecule has 4 aromatic carbocycles. The van der Waals surface area contributed by atoms with Crippen LogP contribution in [0.1, 0.15) is 28.7 Å². The Morgan fingerprint density at radius 1 is 0.694 bits per heavy atom. The van der Waals surface area contributed by atoms with Crippen molar-refractivity contribution in [3.8, 4) is 22.6 Å². The number of aliphatic hydroxyl groups is 1. The van der Waals surface area contributed by atoms with E-state index in [1.54, 1.807) is 0 Å². The van der Waals surface area contributed by atoms with Gasteiger partial charge in [-0.25, -0.2) is 0 Å². The Bertz CT molecular complexity index is 1280. The van der Waals surface area contributed by atoms with Gasteiger partial charge in [-0.1, -0.05) is 72.8 Å². The zero-order valence-electron chi connectivity index (χ0n) is 20.2. The molecule has 182 valence electrons. The van der Waals surface area contributed by atoms with Crippen LogP contribution in [-0.2, 0) is 10.2 Å². The van der Waals surface area contributed by atoms with Gasteiger partial charge < -0.3 is 19.3 Å². The summed E-state index contributed by atoms with van der Waals surface area (Å²) in [4.78, 5) is 0. The van der Waals surface area contributed by atoms with Crippen LogP contribution in [0.2, 0.25) is 0 Å². The van der Waals surface area contributed by atoms with Gasteiger partial charge in [0.15, 0.2) is 0 Å².